The summed E-state index contributed by atoms with van der Waals surface area (Å²) < 4.78 is 6.98. The number of carbonyl (C=O) groups is 1. The van der Waals surface area contributed by atoms with Crippen molar-refractivity contribution in [2.45, 2.75) is 32.6 Å². The van der Waals surface area contributed by atoms with Gasteiger partial charge in [-0.1, -0.05) is 0 Å². The number of oxazole rings is 1. The van der Waals surface area contributed by atoms with Crippen LogP contribution >= 0.6 is 0 Å². The molecule has 124 valence electrons. The molecule has 0 spiro atoms. The molecular formula is C17H19N5O2. The number of likely N-dealkylation sites (tertiary alicyclic amines) is 1. The Morgan fingerprint density at radius 1 is 1.29 bits per heavy atom. The minimum absolute atomic E-state index is 0.0462. The summed E-state index contributed by atoms with van der Waals surface area (Å²) in [5.74, 6) is 0.895. The first-order chi connectivity index (χ1) is 11.6. The molecule has 1 aliphatic heterocycles. The molecule has 4 rings (SSSR count). The van der Waals surface area contributed by atoms with Crippen molar-refractivity contribution in [2.24, 2.45) is 0 Å². The molecular weight excluding hydrogens is 306 g/mol. The molecule has 3 aromatic heterocycles. The molecule has 0 atom stereocenters. The van der Waals surface area contributed by atoms with Crippen LogP contribution in [-0.4, -0.2) is 43.5 Å². The zero-order valence-corrected chi connectivity index (χ0v) is 13.8. The van der Waals surface area contributed by atoms with Crippen LogP contribution in [0.5, 0.6) is 0 Å². The molecule has 0 aliphatic carbocycles. The second-order valence-corrected chi connectivity index (χ2v) is 6.25. The minimum atomic E-state index is -0.0462. The van der Waals surface area contributed by atoms with Gasteiger partial charge in [0.15, 0.2) is 17.7 Å². The lowest BCUT2D eigenvalue weighted by Crippen LogP contribution is -2.38. The molecule has 1 saturated heterocycles. The SMILES string of the molecule is Cc1ocnc1C(=O)N1CCC(c2cc(C)n3nccc3n2)CC1. The molecule has 7 nitrogen and oxygen atoms in total. The highest BCUT2D eigenvalue weighted by molar-refractivity contribution is 5.93. The van der Waals surface area contributed by atoms with E-state index in [1.54, 1.807) is 13.1 Å². The van der Waals surface area contributed by atoms with Gasteiger partial charge < -0.3 is 9.32 Å². The van der Waals surface area contributed by atoms with Crippen molar-refractivity contribution in [2.75, 3.05) is 13.1 Å². The van der Waals surface area contributed by atoms with Gasteiger partial charge in [0.1, 0.15) is 5.76 Å². The molecule has 4 heterocycles. The van der Waals surface area contributed by atoms with E-state index in [1.165, 1.54) is 6.39 Å². The third-order valence-electron chi connectivity index (χ3n) is 4.71. The maximum Gasteiger partial charge on any atom is 0.276 e. The zero-order chi connectivity index (χ0) is 16.7. The summed E-state index contributed by atoms with van der Waals surface area (Å²) in [6.45, 7) is 5.22. The summed E-state index contributed by atoms with van der Waals surface area (Å²) in [6, 6.07) is 4.02. The average Bonchev–Trinajstić information content (AvgIpc) is 3.23. The average molecular weight is 325 g/mol. The number of hydrogen-bond acceptors (Lipinski definition) is 5. The lowest BCUT2D eigenvalue weighted by atomic mass is 9.92. The van der Waals surface area contributed by atoms with Crippen molar-refractivity contribution in [3.63, 3.8) is 0 Å². The van der Waals surface area contributed by atoms with E-state index in [1.807, 2.05) is 22.4 Å². The lowest BCUT2D eigenvalue weighted by molar-refractivity contribution is 0.0705. The monoisotopic (exact) mass is 325 g/mol. The van der Waals surface area contributed by atoms with E-state index in [2.05, 4.69) is 16.1 Å². The second-order valence-electron chi connectivity index (χ2n) is 6.25. The second kappa shape index (κ2) is 5.74. The quantitative estimate of drug-likeness (QED) is 0.723. The standard InChI is InChI=1S/C17H19N5O2/c1-11-9-14(20-15-3-6-19-22(11)15)13-4-7-21(8-5-13)17(23)16-12(2)24-10-18-16/h3,6,9-10,13H,4-5,7-8H2,1-2H3. The van der Waals surface area contributed by atoms with Gasteiger partial charge in [0.05, 0.1) is 6.20 Å². The molecule has 24 heavy (non-hydrogen) atoms. The van der Waals surface area contributed by atoms with Gasteiger partial charge in [-0.25, -0.2) is 14.5 Å². The fourth-order valence-corrected chi connectivity index (χ4v) is 3.34. The van der Waals surface area contributed by atoms with Gasteiger partial charge >= 0.3 is 0 Å². The summed E-state index contributed by atoms with van der Waals surface area (Å²) in [6.07, 6.45) is 4.89. The van der Waals surface area contributed by atoms with Gasteiger partial charge in [0, 0.05) is 36.5 Å². The van der Waals surface area contributed by atoms with E-state index in [0.29, 0.717) is 30.5 Å². The van der Waals surface area contributed by atoms with Gasteiger partial charge in [0.25, 0.3) is 5.91 Å². The van der Waals surface area contributed by atoms with Crippen molar-refractivity contribution < 1.29 is 9.21 Å². The largest absolute Gasteiger partial charge is 0.448 e. The Balaban J connectivity index is 1.49. The summed E-state index contributed by atoms with van der Waals surface area (Å²) in [4.78, 5) is 23.1. The Labute approximate surface area is 139 Å². The highest BCUT2D eigenvalue weighted by Crippen LogP contribution is 2.28. The summed E-state index contributed by atoms with van der Waals surface area (Å²) in [5.41, 5.74) is 3.46. The predicted octanol–water partition coefficient (Wildman–Crippen LogP) is 2.35. The van der Waals surface area contributed by atoms with Gasteiger partial charge in [-0.15, -0.1) is 0 Å². The van der Waals surface area contributed by atoms with Gasteiger partial charge in [-0.05, 0) is 32.8 Å². The fourth-order valence-electron chi connectivity index (χ4n) is 3.34. The van der Waals surface area contributed by atoms with Crippen molar-refractivity contribution in [3.05, 3.63) is 47.6 Å². The molecule has 1 fully saturated rings. The number of nitrogens with zero attached hydrogens (tertiary/aromatic N) is 5. The first kappa shape index (κ1) is 14.9. The van der Waals surface area contributed by atoms with E-state index < -0.39 is 0 Å². The van der Waals surface area contributed by atoms with E-state index in [4.69, 9.17) is 9.40 Å². The number of aryl methyl sites for hydroxylation is 2. The Kier molecular flexibility index (Phi) is 3.55. The maximum atomic E-state index is 12.5. The van der Waals surface area contributed by atoms with E-state index in [9.17, 15) is 4.79 Å². The van der Waals surface area contributed by atoms with Crippen molar-refractivity contribution in [3.8, 4) is 0 Å². The number of carbonyl (C=O) groups excluding carboxylic acids is 1. The first-order valence-corrected chi connectivity index (χ1v) is 8.14. The third kappa shape index (κ3) is 2.46. The number of hydrogen-bond donors (Lipinski definition) is 0. The van der Waals surface area contributed by atoms with Gasteiger partial charge in [-0.3, -0.25) is 4.79 Å². The molecule has 3 aromatic rings. The Bertz CT molecular complexity index is 889. The summed E-state index contributed by atoms with van der Waals surface area (Å²) in [7, 11) is 0. The van der Waals surface area contributed by atoms with Crippen LogP contribution < -0.4 is 0 Å². The smallest absolute Gasteiger partial charge is 0.276 e. The van der Waals surface area contributed by atoms with Crippen LogP contribution in [0.2, 0.25) is 0 Å². The molecule has 7 heteroatoms. The van der Waals surface area contributed by atoms with Crippen LogP contribution in [0.15, 0.2) is 29.1 Å². The summed E-state index contributed by atoms with van der Waals surface area (Å²) >= 11 is 0. The Morgan fingerprint density at radius 2 is 2.08 bits per heavy atom. The molecule has 0 saturated carbocycles. The molecule has 0 N–H and O–H groups in total. The molecule has 0 bridgehead atoms. The molecule has 0 unspecified atom stereocenters. The number of aromatic nitrogens is 4. The highest BCUT2D eigenvalue weighted by atomic mass is 16.3. The van der Waals surface area contributed by atoms with Crippen molar-refractivity contribution >= 4 is 11.6 Å². The van der Waals surface area contributed by atoms with Crippen LogP contribution in [0.3, 0.4) is 0 Å². The number of amides is 1. The Hall–Kier alpha value is -2.70. The van der Waals surface area contributed by atoms with Crippen LogP contribution in [0.4, 0.5) is 0 Å². The normalized spacial score (nSPS) is 16.0. The van der Waals surface area contributed by atoms with Crippen LogP contribution in [-0.2, 0) is 0 Å². The van der Waals surface area contributed by atoms with E-state index in [-0.39, 0.29) is 5.91 Å². The fraction of sp³-hybridized carbons (Fsp3) is 0.412. The number of rotatable bonds is 2. The van der Waals surface area contributed by atoms with E-state index >= 15 is 0 Å². The summed E-state index contributed by atoms with van der Waals surface area (Å²) in [5, 5.41) is 4.26. The molecule has 1 aliphatic rings. The molecule has 0 aromatic carbocycles. The highest BCUT2D eigenvalue weighted by Gasteiger charge is 2.27. The van der Waals surface area contributed by atoms with Crippen molar-refractivity contribution in [1.29, 1.82) is 0 Å². The lowest BCUT2D eigenvalue weighted by Gasteiger charge is -2.31. The van der Waals surface area contributed by atoms with Crippen LogP contribution in [0.25, 0.3) is 5.65 Å². The Morgan fingerprint density at radius 3 is 2.79 bits per heavy atom. The van der Waals surface area contributed by atoms with Gasteiger partial charge in [-0.2, -0.15) is 5.10 Å². The number of piperidine rings is 1. The van der Waals surface area contributed by atoms with Crippen LogP contribution in [0.1, 0.15) is 46.4 Å². The molecule has 0 radical (unpaired) electrons. The first-order valence-electron chi connectivity index (χ1n) is 8.14. The van der Waals surface area contributed by atoms with Crippen LogP contribution in [0, 0.1) is 13.8 Å². The zero-order valence-electron chi connectivity index (χ0n) is 13.8. The topological polar surface area (TPSA) is 76.5 Å². The maximum absolute atomic E-state index is 12.5. The van der Waals surface area contributed by atoms with Gasteiger partial charge in [0.2, 0.25) is 0 Å². The third-order valence-corrected chi connectivity index (χ3v) is 4.71. The van der Waals surface area contributed by atoms with Crippen molar-refractivity contribution in [1.82, 2.24) is 24.5 Å². The minimum Gasteiger partial charge on any atom is -0.448 e. The molecule has 1 amide bonds. The number of fused-ring (bicyclic) bond motifs is 1. The predicted molar refractivity (Wildman–Crippen MR) is 86.8 cm³/mol. The van der Waals surface area contributed by atoms with E-state index in [0.717, 1.165) is 29.9 Å².